The summed E-state index contributed by atoms with van der Waals surface area (Å²) in [6, 6.07) is 6.03. The molecule has 35 heavy (non-hydrogen) atoms. The van der Waals surface area contributed by atoms with Crippen LogP contribution in [0.1, 0.15) is 48.5 Å². The Morgan fingerprint density at radius 1 is 0.943 bits per heavy atom. The summed E-state index contributed by atoms with van der Waals surface area (Å²) < 4.78 is 25.3. The largest absolute Gasteiger partial charge is 0.508 e. The lowest BCUT2D eigenvalue weighted by Crippen LogP contribution is -2.45. The third-order valence-electron chi connectivity index (χ3n) is 4.05. The maximum Gasteiger partial charge on any atom is 0.508 e. The number of carbonyl (C=O) groups excluding carboxylic acids is 4. The molecule has 1 aliphatic rings. The third kappa shape index (κ3) is 9.51. The molecule has 1 heterocycles. The van der Waals surface area contributed by atoms with Crippen LogP contribution in [0, 0.1) is 5.41 Å². The van der Waals surface area contributed by atoms with Crippen LogP contribution in [0.2, 0.25) is 0 Å². The van der Waals surface area contributed by atoms with E-state index in [4.69, 9.17) is 23.7 Å². The minimum atomic E-state index is -1.14. The van der Waals surface area contributed by atoms with E-state index in [1.54, 1.807) is 48.5 Å². The maximum atomic E-state index is 12.5. The second-order valence-corrected chi connectivity index (χ2v) is 9.99. The highest BCUT2D eigenvalue weighted by Crippen LogP contribution is 2.26. The average molecular weight is 494 g/mol. The fourth-order valence-corrected chi connectivity index (χ4v) is 2.47. The minimum Gasteiger partial charge on any atom is -0.444 e. The molecule has 12 heteroatoms. The molecule has 2 N–H and O–H groups in total. The number of nitrogens with one attached hydrogen (secondary N) is 2. The van der Waals surface area contributed by atoms with Gasteiger partial charge in [0.25, 0.3) is 0 Å². The first-order valence-electron chi connectivity index (χ1n) is 10.8. The molecule has 0 saturated carbocycles. The lowest BCUT2D eigenvalue weighted by atomic mass is 9.92. The first kappa shape index (κ1) is 27.4. The van der Waals surface area contributed by atoms with Gasteiger partial charge in [0.1, 0.15) is 35.6 Å². The number of guanidine groups is 1. The van der Waals surface area contributed by atoms with E-state index in [1.165, 1.54) is 24.3 Å². The van der Waals surface area contributed by atoms with Crippen LogP contribution in [0.25, 0.3) is 0 Å². The van der Waals surface area contributed by atoms with Gasteiger partial charge in [0.2, 0.25) is 5.96 Å². The van der Waals surface area contributed by atoms with Crippen molar-refractivity contribution in [1.29, 1.82) is 0 Å². The summed E-state index contributed by atoms with van der Waals surface area (Å²) in [5.74, 6) is -0.652. The van der Waals surface area contributed by atoms with Gasteiger partial charge in [0, 0.05) is 5.69 Å². The Hall–Kier alpha value is -3.83. The molecule has 0 aliphatic carbocycles. The van der Waals surface area contributed by atoms with E-state index in [0.29, 0.717) is 5.69 Å². The standard InChI is InChI=1S/C23H31N3O9/c1-21(2,3)34-18(28)25-17(26-19(29)35-22(4,5)6)24-14-8-10-15(11-9-14)33-16(27)23(7)12-31-20(30)32-13-23/h8-11H,12-13H2,1-7H3,(H2,24,25,26,28,29). The number of amides is 2. The molecule has 1 fully saturated rings. The molecule has 0 unspecified atom stereocenters. The van der Waals surface area contributed by atoms with Gasteiger partial charge in [-0.25, -0.2) is 14.4 Å². The van der Waals surface area contributed by atoms with Crippen LogP contribution in [0.4, 0.5) is 20.1 Å². The number of alkyl carbamates (subject to hydrolysis) is 1. The predicted octanol–water partition coefficient (Wildman–Crippen LogP) is 3.99. The number of esters is 1. The zero-order valence-electron chi connectivity index (χ0n) is 20.8. The molecule has 2 amide bonds. The lowest BCUT2D eigenvalue weighted by molar-refractivity contribution is -0.156. The molecular weight excluding hydrogens is 462 g/mol. The number of hydrogen-bond acceptors (Lipinski definition) is 9. The zero-order chi connectivity index (χ0) is 26.4. The summed E-state index contributed by atoms with van der Waals surface area (Å²) in [5, 5.41) is 5.16. The van der Waals surface area contributed by atoms with Gasteiger partial charge >= 0.3 is 24.3 Å². The molecule has 0 bridgehead atoms. The molecule has 1 aromatic carbocycles. The number of nitrogens with zero attached hydrogens (tertiary/aromatic N) is 1. The number of cyclic esters (lactones) is 2. The van der Waals surface area contributed by atoms with Crippen LogP contribution >= 0.6 is 0 Å². The van der Waals surface area contributed by atoms with Crippen molar-refractivity contribution in [2.24, 2.45) is 10.4 Å². The van der Waals surface area contributed by atoms with Gasteiger partial charge in [-0.3, -0.25) is 10.1 Å². The summed E-state index contributed by atoms with van der Waals surface area (Å²) in [7, 11) is 0. The van der Waals surface area contributed by atoms with Crippen molar-refractivity contribution in [3.8, 4) is 5.75 Å². The minimum absolute atomic E-state index is 0.162. The quantitative estimate of drug-likeness (QED) is 0.208. The Morgan fingerprint density at radius 2 is 1.49 bits per heavy atom. The van der Waals surface area contributed by atoms with E-state index in [1.807, 2.05) is 0 Å². The summed E-state index contributed by atoms with van der Waals surface area (Å²) in [6.07, 6.45) is -2.60. The lowest BCUT2D eigenvalue weighted by Gasteiger charge is -2.29. The Labute approximate surface area is 203 Å². The number of hydrogen-bond donors (Lipinski definition) is 2. The van der Waals surface area contributed by atoms with Crippen molar-refractivity contribution in [1.82, 2.24) is 5.32 Å². The molecule has 0 radical (unpaired) electrons. The molecule has 0 spiro atoms. The number of ether oxygens (including phenoxy) is 5. The number of benzene rings is 1. The van der Waals surface area contributed by atoms with Crippen molar-refractivity contribution in [3.63, 3.8) is 0 Å². The maximum absolute atomic E-state index is 12.5. The van der Waals surface area contributed by atoms with Crippen molar-refractivity contribution in [2.45, 2.75) is 59.7 Å². The first-order valence-corrected chi connectivity index (χ1v) is 10.8. The van der Waals surface area contributed by atoms with Gasteiger partial charge in [-0.05, 0) is 72.7 Å². The Balaban J connectivity index is 2.11. The highest BCUT2D eigenvalue weighted by atomic mass is 16.7. The summed E-state index contributed by atoms with van der Waals surface area (Å²) in [6.45, 7) is 11.3. The van der Waals surface area contributed by atoms with Crippen LogP contribution < -0.4 is 15.4 Å². The number of aliphatic imine (C=N–C) groups is 1. The second-order valence-electron chi connectivity index (χ2n) is 9.99. The van der Waals surface area contributed by atoms with E-state index >= 15 is 0 Å². The number of rotatable bonds is 3. The van der Waals surface area contributed by atoms with Crippen LogP contribution in [-0.2, 0) is 23.7 Å². The van der Waals surface area contributed by atoms with Crippen LogP contribution in [0.5, 0.6) is 5.75 Å². The Bertz CT molecular complexity index is 979. The normalized spacial score (nSPS) is 15.7. The average Bonchev–Trinajstić information content (AvgIpc) is 2.68. The summed E-state index contributed by atoms with van der Waals surface area (Å²) in [4.78, 5) is 51.7. The smallest absolute Gasteiger partial charge is 0.444 e. The predicted molar refractivity (Wildman–Crippen MR) is 124 cm³/mol. The fourth-order valence-electron chi connectivity index (χ4n) is 2.47. The van der Waals surface area contributed by atoms with Crippen molar-refractivity contribution in [2.75, 3.05) is 18.5 Å². The molecule has 1 saturated heterocycles. The SMILES string of the molecule is CC(C)(C)OC(=O)/N=C(\NC(=O)OC(C)(C)C)Nc1ccc(OC(=O)C2(C)COC(=O)OC2)cc1. The Morgan fingerprint density at radius 3 is 2.00 bits per heavy atom. The number of carbonyl (C=O) groups is 4. The van der Waals surface area contributed by atoms with Gasteiger partial charge in [0.15, 0.2) is 0 Å². The second kappa shape index (κ2) is 10.6. The monoisotopic (exact) mass is 493 g/mol. The van der Waals surface area contributed by atoms with Crippen molar-refractivity contribution in [3.05, 3.63) is 24.3 Å². The van der Waals surface area contributed by atoms with Gasteiger partial charge in [0.05, 0.1) is 0 Å². The van der Waals surface area contributed by atoms with Gasteiger partial charge in [-0.2, -0.15) is 0 Å². The van der Waals surface area contributed by atoms with Crippen LogP contribution in [-0.4, -0.2) is 54.7 Å². The van der Waals surface area contributed by atoms with Crippen LogP contribution in [0.15, 0.2) is 29.3 Å². The molecule has 1 aromatic rings. The van der Waals surface area contributed by atoms with E-state index in [0.717, 1.165) is 0 Å². The highest BCUT2D eigenvalue weighted by Gasteiger charge is 2.42. The molecule has 192 valence electrons. The Kier molecular flexibility index (Phi) is 8.32. The topological polar surface area (TPSA) is 151 Å². The van der Waals surface area contributed by atoms with E-state index in [9.17, 15) is 19.2 Å². The van der Waals surface area contributed by atoms with Gasteiger partial charge in [-0.1, -0.05) is 0 Å². The molecular formula is C23H31N3O9. The number of anilines is 1. The molecule has 2 rings (SSSR count). The summed E-state index contributed by atoms with van der Waals surface area (Å²) in [5.41, 5.74) is -2.30. The molecule has 1 aliphatic heterocycles. The first-order chi connectivity index (χ1) is 16.0. The van der Waals surface area contributed by atoms with Crippen molar-refractivity contribution >= 4 is 36.0 Å². The van der Waals surface area contributed by atoms with Crippen LogP contribution in [0.3, 0.4) is 0 Å². The third-order valence-corrected chi connectivity index (χ3v) is 4.05. The van der Waals surface area contributed by atoms with Gasteiger partial charge in [-0.15, -0.1) is 4.99 Å². The van der Waals surface area contributed by atoms with Gasteiger partial charge < -0.3 is 29.0 Å². The van der Waals surface area contributed by atoms with E-state index in [-0.39, 0.29) is 24.9 Å². The van der Waals surface area contributed by atoms with E-state index in [2.05, 4.69) is 15.6 Å². The highest BCUT2D eigenvalue weighted by molar-refractivity contribution is 6.06. The molecule has 0 aromatic heterocycles. The van der Waals surface area contributed by atoms with E-state index < -0.39 is 40.9 Å². The fraction of sp³-hybridized carbons (Fsp3) is 0.522. The van der Waals surface area contributed by atoms with Crippen molar-refractivity contribution < 1.29 is 42.9 Å². The summed E-state index contributed by atoms with van der Waals surface area (Å²) >= 11 is 0. The molecule has 0 atom stereocenters. The zero-order valence-corrected chi connectivity index (χ0v) is 20.8. The molecule has 12 nitrogen and oxygen atoms in total.